The Hall–Kier alpha value is -5.22. The number of hydrogen-bond donors (Lipinski definition) is 3. The van der Waals surface area contributed by atoms with Crippen molar-refractivity contribution in [2.24, 2.45) is 0 Å². The van der Waals surface area contributed by atoms with Crippen LogP contribution in [0.4, 0.5) is 17.1 Å². The summed E-state index contributed by atoms with van der Waals surface area (Å²) < 4.78 is 0. The van der Waals surface area contributed by atoms with E-state index in [1.165, 1.54) is 30.0 Å². The van der Waals surface area contributed by atoms with Gasteiger partial charge in [0, 0.05) is 34.0 Å². The van der Waals surface area contributed by atoms with E-state index in [4.69, 9.17) is 0 Å². The highest BCUT2D eigenvalue weighted by molar-refractivity contribution is 8.00. The fourth-order valence-electron chi connectivity index (χ4n) is 3.98. The number of anilines is 2. The van der Waals surface area contributed by atoms with Gasteiger partial charge in [-0.1, -0.05) is 48.0 Å². The van der Waals surface area contributed by atoms with Gasteiger partial charge in [0.05, 0.1) is 10.2 Å². The van der Waals surface area contributed by atoms with E-state index in [2.05, 4.69) is 16.0 Å². The molecule has 4 rings (SSSR count). The summed E-state index contributed by atoms with van der Waals surface area (Å²) in [6.07, 6.45) is 1.62. The summed E-state index contributed by atoms with van der Waals surface area (Å²) in [5, 5.41) is 18.9. The van der Waals surface area contributed by atoms with Crippen LogP contribution < -0.4 is 16.0 Å². The maximum atomic E-state index is 13.3. The van der Waals surface area contributed by atoms with Crippen molar-refractivity contribution in [1.82, 2.24) is 5.32 Å². The summed E-state index contributed by atoms with van der Waals surface area (Å²) in [7, 11) is 0. The second-order valence-electron chi connectivity index (χ2n) is 9.77. The van der Waals surface area contributed by atoms with Crippen LogP contribution in [0.5, 0.6) is 0 Å². The number of benzene rings is 4. The maximum absolute atomic E-state index is 13.3. The molecule has 0 fully saturated rings. The lowest BCUT2D eigenvalue weighted by atomic mass is 10.1. The summed E-state index contributed by atoms with van der Waals surface area (Å²) in [5.74, 6) is -1.15. The molecule has 4 aromatic carbocycles. The molecule has 3 amide bonds. The van der Waals surface area contributed by atoms with E-state index in [0.717, 1.165) is 16.0 Å². The van der Waals surface area contributed by atoms with Crippen LogP contribution in [-0.4, -0.2) is 27.9 Å². The van der Waals surface area contributed by atoms with Crippen molar-refractivity contribution >= 4 is 52.6 Å². The Bertz CT molecular complexity index is 1670. The van der Waals surface area contributed by atoms with Crippen LogP contribution in [0.15, 0.2) is 108 Å². The van der Waals surface area contributed by atoms with E-state index in [-0.39, 0.29) is 17.3 Å². The molecule has 0 aliphatic carbocycles. The van der Waals surface area contributed by atoms with Gasteiger partial charge < -0.3 is 16.0 Å². The van der Waals surface area contributed by atoms with Crippen molar-refractivity contribution in [3.63, 3.8) is 0 Å². The van der Waals surface area contributed by atoms with Crippen LogP contribution in [0.1, 0.15) is 34.0 Å². The van der Waals surface area contributed by atoms with Gasteiger partial charge >= 0.3 is 0 Å². The number of rotatable bonds is 10. The van der Waals surface area contributed by atoms with Crippen molar-refractivity contribution in [2.75, 3.05) is 10.6 Å². The van der Waals surface area contributed by atoms with Gasteiger partial charge in [-0.25, -0.2) is 0 Å². The predicted octanol–water partition coefficient (Wildman–Crippen LogP) is 6.74. The zero-order chi connectivity index (χ0) is 30.9. The molecule has 1 unspecified atom stereocenters. The van der Waals surface area contributed by atoms with Crippen molar-refractivity contribution in [3.8, 4) is 0 Å². The Morgan fingerprint density at radius 1 is 0.860 bits per heavy atom. The van der Waals surface area contributed by atoms with Crippen LogP contribution in [0.3, 0.4) is 0 Å². The quantitative estimate of drug-likeness (QED) is 0.0807. The lowest BCUT2D eigenvalue weighted by Crippen LogP contribution is -2.30. The van der Waals surface area contributed by atoms with Gasteiger partial charge in [-0.3, -0.25) is 24.5 Å². The second kappa shape index (κ2) is 14.1. The summed E-state index contributed by atoms with van der Waals surface area (Å²) in [4.78, 5) is 50.2. The minimum absolute atomic E-state index is 0.0403. The van der Waals surface area contributed by atoms with Gasteiger partial charge in [0.1, 0.15) is 5.70 Å². The molecule has 9 nitrogen and oxygen atoms in total. The minimum atomic E-state index is -0.489. The van der Waals surface area contributed by atoms with Crippen molar-refractivity contribution < 1.29 is 19.3 Å². The highest BCUT2D eigenvalue weighted by Gasteiger charge is 2.18. The molecule has 3 N–H and O–H groups in total. The Labute approximate surface area is 253 Å². The molecule has 0 aromatic heterocycles. The fraction of sp³-hybridized carbons (Fsp3) is 0.121. The van der Waals surface area contributed by atoms with Gasteiger partial charge in [-0.15, -0.1) is 11.8 Å². The van der Waals surface area contributed by atoms with Gasteiger partial charge in [-0.05, 0) is 80.4 Å². The normalized spacial score (nSPS) is 11.7. The molecule has 0 spiro atoms. The van der Waals surface area contributed by atoms with E-state index in [1.807, 2.05) is 37.3 Å². The monoisotopic (exact) mass is 594 g/mol. The molecule has 0 aliphatic rings. The van der Waals surface area contributed by atoms with Crippen molar-refractivity contribution in [2.45, 2.75) is 30.9 Å². The first-order chi connectivity index (χ1) is 20.6. The summed E-state index contributed by atoms with van der Waals surface area (Å²) >= 11 is 1.33. The van der Waals surface area contributed by atoms with Gasteiger partial charge in [0.2, 0.25) is 5.91 Å². The van der Waals surface area contributed by atoms with E-state index in [0.29, 0.717) is 22.5 Å². The molecule has 1 atom stereocenters. The molecule has 0 saturated carbocycles. The van der Waals surface area contributed by atoms with Gasteiger partial charge in [0.25, 0.3) is 17.5 Å². The van der Waals surface area contributed by atoms with Crippen molar-refractivity contribution in [3.05, 3.63) is 135 Å². The number of nitro groups is 1. The lowest BCUT2D eigenvalue weighted by molar-refractivity contribution is -0.384. The molecule has 0 saturated heterocycles. The molecular formula is C33H30N4O5S. The molecule has 0 aliphatic heterocycles. The molecular weight excluding hydrogens is 564 g/mol. The third-order valence-electron chi connectivity index (χ3n) is 6.39. The highest BCUT2D eigenvalue weighted by Crippen LogP contribution is 2.27. The molecule has 0 radical (unpaired) electrons. The number of aryl methyl sites for hydroxylation is 2. The number of carbonyl (C=O) groups excluding carboxylic acids is 3. The predicted molar refractivity (Wildman–Crippen MR) is 170 cm³/mol. The summed E-state index contributed by atoms with van der Waals surface area (Å²) in [6.45, 7) is 5.42. The van der Waals surface area contributed by atoms with E-state index < -0.39 is 22.0 Å². The molecule has 0 bridgehead atoms. The summed E-state index contributed by atoms with van der Waals surface area (Å²) in [5.41, 5.74) is 3.91. The molecule has 0 heterocycles. The average molecular weight is 595 g/mol. The minimum Gasteiger partial charge on any atom is -0.325 e. The third-order valence-corrected chi connectivity index (χ3v) is 7.50. The van der Waals surface area contributed by atoms with Crippen LogP contribution in [0, 0.1) is 24.0 Å². The first kappa shape index (κ1) is 30.7. The smallest absolute Gasteiger partial charge is 0.272 e. The van der Waals surface area contributed by atoms with Gasteiger partial charge in [-0.2, -0.15) is 0 Å². The van der Waals surface area contributed by atoms with E-state index in [1.54, 1.807) is 68.5 Å². The number of hydrogen-bond acceptors (Lipinski definition) is 6. The fourth-order valence-corrected chi connectivity index (χ4v) is 4.85. The Balaban J connectivity index is 1.41. The van der Waals surface area contributed by atoms with E-state index >= 15 is 0 Å². The number of nitro benzene ring substituents is 1. The zero-order valence-corrected chi connectivity index (χ0v) is 24.6. The first-order valence-corrected chi connectivity index (χ1v) is 14.3. The second-order valence-corrected chi connectivity index (χ2v) is 11.2. The van der Waals surface area contributed by atoms with Crippen LogP contribution in [0.25, 0.3) is 6.08 Å². The standard InChI is InChI=1S/C33H30N4O5S/c1-21-9-11-24(12-10-21)20-30(36-32(39)25-7-5-4-6-8-25)33(40)34-26-13-16-28(17-14-26)43-23(3)31(38)35-29-18-15-27(37(41)42)19-22(29)2/h4-20,23H,1-3H3,(H,34,40)(H,35,38)(H,36,39)/b30-20-. The number of thioether (sulfide) groups is 1. The van der Waals surface area contributed by atoms with Crippen LogP contribution >= 0.6 is 11.8 Å². The van der Waals surface area contributed by atoms with Crippen LogP contribution in [-0.2, 0) is 9.59 Å². The lowest BCUT2D eigenvalue weighted by Gasteiger charge is -2.14. The summed E-state index contributed by atoms with van der Waals surface area (Å²) in [6, 6.07) is 27.5. The maximum Gasteiger partial charge on any atom is 0.272 e. The number of non-ortho nitro benzene ring substituents is 1. The first-order valence-electron chi connectivity index (χ1n) is 13.4. The molecule has 4 aromatic rings. The third kappa shape index (κ3) is 8.64. The SMILES string of the molecule is Cc1ccc(/C=C(\NC(=O)c2ccccc2)C(=O)Nc2ccc(SC(C)C(=O)Nc3ccc([N+](=O)[O-])cc3C)cc2)cc1. The Morgan fingerprint density at radius 2 is 1.53 bits per heavy atom. The highest BCUT2D eigenvalue weighted by atomic mass is 32.2. The van der Waals surface area contributed by atoms with E-state index in [9.17, 15) is 24.5 Å². The Kier molecular flexibility index (Phi) is 10.1. The largest absolute Gasteiger partial charge is 0.325 e. The topological polar surface area (TPSA) is 130 Å². The van der Waals surface area contributed by atoms with Gasteiger partial charge in [0.15, 0.2) is 0 Å². The number of nitrogens with zero attached hydrogens (tertiary/aromatic N) is 1. The molecule has 218 valence electrons. The Morgan fingerprint density at radius 3 is 2.16 bits per heavy atom. The number of carbonyl (C=O) groups is 3. The average Bonchev–Trinajstić information content (AvgIpc) is 3.00. The zero-order valence-electron chi connectivity index (χ0n) is 23.8. The number of nitrogens with one attached hydrogen (secondary N) is 3. The molecule has 43 heavy (non-hydrogen) atoms. The van der Waals surface area contributed by atoms with Crippen LogP contribution in [0.2, 0.25) is 0 Å². The molecule has 10 heteroatoms. The van der Waals surface area contributed by atoms with Crippen molar-refractivity contribution in [1.29, 1.82) is 0 Å². The number of amides is 3.